The molecule has 0 fully saturated rings. The van der Waals surface area contributed by atoms with Crippen molar-refractivity contribution < 1.29 is 9.72 Å². The maximum Gasteiger partial charge on any atom is 0.271 e. The second kappa shape index (κ2) is 9.29. The number of amides is 1. The van der Waals surface area contributed by atoms with Gasteiger partial charge in [0.15, 0.2) is 5.16 Å². The van der Waals surface area contributed by atoms with Crippen LogP contribution < -0.4 is 10.9 Å². The lowest BCUT2D eigenvalue weighted by atomic mass is 10.2. The van der Waals surface area contributed by atoms with Gasteiger partial charge >= 0.3 is 0 Å². The molecule has 1 heterocycles. The number of halogens is 2. The van der Waals surface area contributed by atoms with Crippen molar-refractivity contribution >= 4 is 63.1 Å². The summed E-state index contributed by atoms with van der Waals surface area (Å²) in [6.07, 6.45) is 1.56. The summed E-state index contributed by atoms with van der Waals surface area (Å²) in [6.45, 7) is 3.88. The molecule has 0 unspecified atom stereocenters. The predicted octanol–water partition coefficient (Wildman–Crippen LogP) is 4.53. The third kappa shape index (κ3) is 4.81. The quantitative estimate of drug-likeness (QED) is 0.181. The summed E-state index contributed by atoms with van der Waals surface area (Å²) in [4.78, 5) is 39.8. The Morgan fingerprint density at radius 2 is 2.07 bits per heavy atom. The lowest BCUT2D eigenvalue weighted by molar-refractivity contribution is -0.384. The van der Waals surface area contributed by atoms with Gasteiger partial charge in [-0.25, -0.2) is 4.98 Å². The Labute approximate surface area is 184 Å². The van der Waals surface area contributed by atoms with Crippen molar-refractivity contribution in [1.29, 1.82) is 0 Å². The van der Waals surface area contributed by atoms with Crippen molar-refractivity contribution in [2.75, 3.05) is 11.1 Å². The molecular formula is C19H14Cl2N4O4S. The number of nitrogens with zero attached hydrogens (tertiary/aromatic N) is 3. The Balaban J connectivity index is 1.81. The van der Waals surface area contributed by atoms with Crippen LogP contribution in [-0.2, 0) is 11.3 Å². The number of nitrogens with one attached hydrogen (secondary N) is 1. The van der Waals surface area contributed by atoms with E-state index in [0.717, 1.165) is 17.8 Å². The third-order valence-electron chi connectivity index (χ3n) is 3.96. The highest BCUT2D eigenvalue weighted by Gasteiger charge is 2.15. The largest absolute Gasteiger partial charge is 0.324 e. The zero-order valence-corrected chi connectivity index (χ0v) is 17.6. The molecule has 0 atom stereocenters. The smallest absolute Gasteiger partial charge is 0.271 e. The highest BCUT2D eigenvalue weighted by Crippen LogP contribution is 2.27. The second-order valence-corrected chi connectivity index (χ2v) is 7.80. The highest BCUT2D eigenvalue weighted by atomic mass is 35.5. The van der Waals surface area contributed by atoms with Crippen LogP contribution in [0.15, 0.2) is 59.0 Å². The van der Waals surface area contributed by atoms with Gasteiger partial charge in [0, 0.05) is 23.7 Å². The van der Waals surface area contributed by atoms with Crippen LogP contribution in [0.1, 0.15) is 0 Å². The second-order valence-electron chi connectivity index (χ2n) is 6.02. The molecule has 0 radical (unpaired) electrons. The zero-order chi connectivity index (χ0) is 21.8. The fourth-order valence-electron chi connectivity index (χ4n) is 2.61. The maximum atomic E-state index is 12.8. The van der Waals surface area contributed by atoms with E-state index in [1.807, 2.05) is 0 Å². The van der Waals surface area contributed by atoms with Crippen molar-refractivity contribution in [2.24, 2.45) is 0 Å². The van der Waals surface area contributed by atoms with E-state index in [4.69, 9.17) is 23.2 Å². The molecule has 3 rings (SSSR count). The molecule has 3 aromatic rings. The molecule has 154 valence electrons. The Morgan fingerprint density at radius 3 is 2.73 bits per heavy atom. The average Bonchev–Trinajstić information content (AvgIpc) is 2.70. The van der Waals surface area contributed by atoms with Crippen LogP contribution in [0.3, 0.4) is 0 Å². The minimum absolute atomic E-state index is 0.0459. The molecule has 0 aliphatic carbocycles. The molecule has 1 N–H and O–H groups in total. The van der Waals surface area contributed by atoms with Gasteiger partial charge in [0.1, 0.15) is 0 Å². The van der Waals surface area contributed by atoms with Gasteiger partial charge in [-0.3, -0.25) is 24.3 Å². The van der Waals surface area contributed by atoms with Crippen molar-refractivity contribution in [3.8, 4) is 0 Å². The van der Waals surface area contributed by atoms with Crippen molar-refractivity contribution in [1.82, 2.24) is 9.55 Å². The summed E-state index contributed by atoms with van der Waals surface area (Å²) in [6, 6.07) is 8.54. The number of anilines is 1. The number of allylic oxidation sites excluding steroid dienone is 1. The first-order chi connectivity index (χ1) is 14.3. The van der Waals surface area contributed by atoms with E-state index in [1.165, 1.54) is 16.7 Å². The first-order valence-corrected chi connectivity index (χ1v) is 10.2. The van der Waals surface area contributed by atoms with Gasteiger partial charge in [0.2, 0.25) is 5.91 Å². The Kier molecular flexibility index (Phi) is 6.76. The molecule has 8 nitrogen and oxygen atoms in total. The summed E-state index contributed by atoms with van der Waals surface area (Å²) < 4.78 is 1.42. The monoisotopic (exact) mass is 464 g/mol. The van der Waals surface area contributed by atoms with Crippen LogP contribution in [0.2, 0.25) is 10.0 Å². The number of carbonyl (C=O) groups excluding carboxylic acids is 1. The van der Waals surface area contributed by atoms with Crippen LogP contribution in [0, 0.1) is 10.1 Å². The van der Waals surface area contributed by atoms with Crippen LogP contribution >= 0.6 is 35.0 Å². The number of fused-ring (bicyclic) bond motifs is 1. The molecule has 0 aliphatic heterocycles. The number of non-ortho nitro benzene ring substituents is 1. The van der Waals surface area contributed by atoms with E-state index in [2.05, 4.69) is 16.9 Å². The van der Waals surface area contributed by atoms with Crippen LogP contribution in [0.4, 0.5) is 11.4 Å². The first kappa shape index (κ1) is 21.8. The number of rotatable bonds is 7. The number of hydrogen-bond acceptors (Lipinski definition) is 6. The molecular weight excluding hydrogens is 451 g/mol. The van der Waals surface area contributed by atoms with Gasteiger partial charge in [0.05, 0.1) is 32.3 Å². The van der Waals surface area contributed by atoms with E-state index in [9.17, 15) is 19.7 Å². The summed E-state index contributed by atoms with van der Waals surface area (Å²) in [5.74, 6) is -0.482. The van der Waals surface area contributed by atoms with Gasteiger partial charge in [0.25, 0.3) is 11.2 Å². The molecule has 0 spiro atoms. The minimum atomic E-state index is -0.580. The standard InChI is InChI=1S/C19H14Cl2N4O4S/c1-2-7-24-18(27)13-5-3-11(20)8-16(13)23-19(24)30-10-17(26)22-15-6-4-12(25(28)29)9-14(15)21/h2-6,8-9H,1,7,10H2,(H,22,26). The average molecular weight is 465 g/mol. The van der Waals surface area contributed by atoms with E-state index < -0.39 is 10.8 Å². The normalized spacial score (nSPS) is 10.7. The maximum absolute atomic E-state index is 12.8. The summed E-state index contributed by atoms with van der Waals surface area (Å²) in [5.41, 5.74) is 0.224. The molecule has 11 heteroatoms. The van der Waals surface area contributed by atoms with Crippen molar-refractivity contribution in [3.63, 3.8) is 0 Å². The highest BCUT2D eigenvalue weighted by molar-refractivity contribution is 7.99. The van der Waals surface area contributed by atoms with E-state index in [1.54, 1.807) is 24.3 Å². The van der Waals surface area contributed by atoms with E-state index in [-0.39, 0.29) is 34.3 Å². The topological polar surface area (TPSA) is 107 Å². The Hall–Kier alpha value is -2.88. The zero-order valence-electron chi connectivity index (χ0n) is 15.3. The van der Waals surface area contributed by atoms with Crippen LogP contribution in [0.5, 0.6) is 0 Å². The molecule has 30 heavy (non-hydrogen) atoms. The van der Waals surface area contributed by atoms with Crippen molar-refractivity contribution in [3.05, 3.63) is 79.6 Å². The van der Waals surface area contributed by atoms with Crippen LogP contribution in [-0.4, -0.2) is 26.1 Å². The number of nitro benzene ring substituents is 1. The fraction of sp³-hybridized carbons (Fsp3) is 0.105. The Morgan fingerprint density at radius 1 is 1.30 bits per heavy atom. The molecule has 0 saturated heterocycles. The summed E-state index contributed by atoms with van der Waals surface area (Å²) >= 11 is 13.1. The third-order valence-corrected chi connectivity index (χ3v) is 5.49. The first-order valence-electron chi connectivity index (χ1n) is 8.47. The molecule has 0 aliphatic rings. The number of benzene rings is 2. The number of hydrogen-bond donors (Lipinski definition) is 1. The summed E-state index contributed by atoms with van der Waals surface area (Å²) in [5, 5.41) is 14.6. The van der Waals surface area contributed by atoms with Gasteiger partial charge in [-0.05, 0) is 24.3 Å². The molecule has 1 aromatic heterocycles. The number of thioether (sulfide) groups is 1. The minimum Gasteiger partial charge on any atom is -0.324 e. The van der Waals surface area contributed by atoms with Crippen molar-refractivity contribution in [2.45, 2.75) is 11.7 Å². The fourth-order valence-corrected chi connectivity index (χ4v) is 3.81. The molecule has 2 aromatic carbocycles. The van der Waals surface area contributed by atoms with Gasteiger partial charge < -0.3 is 5.32 Å². The molecule has 0 bridgehead atoms. The van der Waals surface area contributed by atoms with Gasteiger partial charge in [-0.2, -0.15) is 0 Å². The molecule has 0 saturated carbocycles. The predicted molar refractivity (Wildman–Crippen MR) is 119 cm³/mol. The number of carbonyl (C=O) groups is 1. The number of nitro groups is 1. The lowest BCUT2D eigenvalue weighted by Gasteiger charge is -2.12. The summed E-state index contributed by atoms with van der Waals surface area (Å²) in [7, 11) is 0. The van der Waals surface area contributed by atoms with E-state index >= 15 is 0 Å². The SMILES string of the molecule is C=CCn1c(SCC(=O)Nc2ccc([N+](=O)[O-])cc2Cl)nc2cc(Cl)ccc2c1=O. The van der Waals surface area contributed by atoms with Gasteiger partial charge in [-0.15, -0.1) is 6.58 Å². The van der Waals surface area contributed by atoms with Gasteiger partial charge in [-0.1, -0.05) is 41.0 Å². The number of aromatic nitrogens is 2. The Bertz CT molecular complexity index is 1230. The van der Waals surface area contributed by atoms with E-state index in [0.29, 0.717) is 21.1 Å². The lowest BCUT2D eigenvalue weighted by Crippen LogP contribution is -2.23. The molecule has 1 amide bonds. The van der Waals surface area contributed by atoms with Crippen LogP contribution in [0.25, 0.3) is 10.9 Å².